The Hall–Kier alpha value is 0.500. The van der Waals surface area contributed by atoms with Gasteiger partial charge in [0.05, 0.1) is 47.6 Å². The number of rotatable bonds is 3. The first kappa shape index (κ1) is 10.6. The normalized spacial score (nSPS) is 17.1. The molecule has 0 radical (unpaired) electrons. The van der Waals surface area contributed by atoms with Gasteiger partial charge in [0.1, 0.15) is 0 Å². The van der Waals surface area contributed by atoms with Crippen LogP contribution in [0, 0.1) is 0 Å². The monoisotopic (exact) mass is 391 g/mol. The van der Waals surface area contributed by atoms with Crippen LogP contribution < -0.4 is 9.26 Å². The molecule has 12 heavy (non-hydrogen) atoms. The standard InChI is InChI=1S/C7H11I2N3/c1-5-6(2-3-10)4-7(11-8)9-12-5/h4,11H,2-3,10H2,1H3. The second kappa shape index (κ2) is 5.28. The highest BCUT2D eigenvalue weighted by Gasteiger charge is 2.05. The van der Waals surface area contributed by atoms with E-state index in [1.807, 2.05) is 0 Å². The molecule has 0 atom stereocenters. The van der Waals surface area contributed by atoms with Crippen molar-refractivity contribution in [3.63, 3.8) is 0 Å². The molecule has 0 aromatic heterocycles. The summed E-state index contributed by atoms with van der Waals surface area (Å²) in [5.41, 5.74) is 7.94. The van der Waals surface area contributed by atoms with E-state index in [0.717, 1.165) is 6.42 Å². The second-order valence-corrected chi connectivity index (χ2v) is 5.07. The fraction of sp³-hybridized carbons (Fsp3) is 0.429. The van der Waals surface area contributed by atoms with Gasteiger partial charge in [-0.05, 0) is 31.5 Å². The lowest BCUT2D eigenvalue weighted by Gasteiger charge is -2.09. The zero-order valence-corrected chi connectivity index (χ0v) is 11.1. The average Bonchev–Trinajstić information content (AvgIpc) is 2.09. The minimum absolute atomic E-state index is 0.161. The minimum Gasteiger partial charge on any atom is -0.330 e. The minimum atomic E-state index is -0.161. The van der Waals surface area contributed by atoms with Crippen molar-refractivity contribution in [2.24, 2.45) is 8.88 Å². The summed E-state index contributed by atoms with van der Waals surface area (Å²) >= 11 is 1.99. The Labute approximate surface area is 96.5 Å². The Morgan fingerprint density at radius 1 is 1.75 bits per heavy atom. The number of allylic oxidation sites excluding steroid dienone is 2. The molecule has 3 nitrogen and oxygen atoms in total. The topological polar surface area (TPSA) is 50.4 Å². The fourth-order valence-electron chi connectivity index (χ4n) is 0.897. The van der Waals surface area contributed by atoms with Gasteiger partial charge in [0.25, 0.3) is 0 Å². The third-order valence-electron chi connectivity index (χ3n) is 1.53. The highest BCUT2D eigenvalue weighted by molar-refractivity contribution is 14.2. The van der Waals surface area contributed by atoms with Gasteiger partial charge in [0, 0.05) is 5.70 Å². The summed E-state index contributed by atoms with van der Waals surface area (Å²) < 4.78 is 8.87. The molecule has 68 valence electrons. The van der Waals surface area contributed by atoms with Crippen molar-refractivity contribution in [1.82, 2.24) is 3.53 Å². The van der Waals surface area contributed by atoms with Crippen molar-refractivity contribution in [2.75, 3.05) is 6.54 Å². The van der Waals surface area contributed by atoms with Crippen LogP contribution in [0.15, 0.2) is 24.2 Å². The Morgan fingerprint density at radius 2 is 2.50 bits per heavy atom. The van der Waals surface area contributed by atoms with Crippen molar-refractivity contribution in [1.29, 1.82) is 0 Å². The molecule has 0 fully saturated rings. The van der Waals surface area contributed by atoms with Crippen LogP contribution in [0.2, 0.25) is 0 Å². The second-order valence-electron chi connectivity index (χ2n) is 2.41. The Balaban J connectivity index is 2.81. The van der Waals surface area contributed by atoms with Crippen molar-refractivity contribution < 1.29 is 0 Å². The van der Waals surface area contributed by atoms with Crippen molar-refractivity contribution in [2.45, 2.75) is 13.3 Å². The zero-order valence-electron chi connectivity index (χ0n) is 6.77. The summed E-state index contributed by atoms with van der Waals surface area (Å²) in [5, 5.41) is 0. The first-order valence-electron chi connectivity index (χ1n) is 3.61. The number of hydrogen-bond acceptors (Lipinski definition) is 3. The Kier molecular flexibility index (Phi) is 4.65. The maximum Gasteiger partial charge on any atom is 0.0949 e. The van der Waals surface area contributed by atoms with Crippen LogP contribution in [0.4, 0.5) is 0 Å². The summed E-state index contributed by atoms with van der Waals surface area (Å²) in [4.78, 5) is 0. The van der Waals surface area contributed by atoms with E-state index in [1.165, 1.54) is 15.0 Å². The number of nitrogens with zero attached hydrogens (tertiary/aromatic N) is 1. The van der Waals surface area contributed by atoms with Gasteiger partial charge in [-0.3, -0.25) is 0 Å². The number of nitrogens with one attached hydrogen (secondary N) is 1. The van der Waals surface area contributed by atoms with Crippen LogP contribution in [0.5, 0.6) is 0 Å². The summed E-state index contributed by atoms with van der Waals surface area (Å²) in [6.45, 7) is 2.76. The maximum atomic E-state index is 5.49. The van der Waals surface area contributed by atoms with Gasteiger partial charge >= 0.3 is 0 Å². The van der Waals surface area contributed by atoms with Crippen LogP contribution in [0.25, 0.3) is 0 Å². The molecule has 0 aromatic carbocycles. The first-order chi connectivity index (χ1) is 5.77. The molecule has 0 unspecified atom stereocenters. The zero-order chi connectivity index (χ0) is 8.97. The first-order valence-corrected chi connectivity index (χ1v) is 6.73. The predicted molar refractivity (Wildman–Crippen MR) is 68.1 cm³/mol. The molecule has 0 aromatic rings. The predicted octanol–water partition coefficient (Wildman–Crippen LogP) is 2.56. The van der Waals surface area contributed by atoms with Crippen molar-refractivity contribution >= 4 is 43.9 Å². The Morgan fingerprint density at radius 3 is 3.08 bits per heavy atom. The van der Waals surface area contributed by atoms with E-state index in [2.05, 4.69) is 42.5 Å². The van der Waals surface area contributed by atoms with Gasteiger partial charge < -0.3 is 9.26 Å². The van der Waals surface area contributed by atoms with E-state index in [1.54, 1.807) is 0 Å². The summed E-state index contributed by atoms with van der Waals surface area (Å²) in [6.07, 6.45) is 3.12. The number of nitrogens with two attached hydrogens (primary N) is 1. The van der Waals surface area contributed by atoms with E-state index in [0.29, 0.717) is 6.54 Å². The molecule has 1 aliphatic rings. The van der Waals surface area contributed by atoms with E-state index < -0.39 is 0 Å². The van der Waals surface area contributed by atoms with Gasteiger partial charge in [-0.25, -0.2) is 3.15 Å². The van der Waals surface area contributed by atoms with Crippen LogP contribution in [0.1, 0.15) is 13.3 Å². The highest BCUT2D eigenvalue weighted by Crippen LogP contribution is 2.28. The highest BCUT2D eigenvalue weighted by atomic mass is 127. The molecular formula is C7H11I2N3. The molecule has 3 N–H and O–H groups in total. The smallest absolute Gasteiger partial charge is 0.0949 e. The lowest BCUT2D eigenvalue weighted by atomic mass is 10.1. The van der Waals surface area contributed by atoms with E-state index in [-0.39, 0.29) is 21.0 Å². The summed E-state index contributed by atoms with van der Waals surface area (Å²) in [7, 11) is 0. The average molecular weight is 391 g/mol. The van der Waals surface area contributed by atoms with Gasteiger partial charge in [0.2, 0.25) is 0 Å². The molecule has 0 amide bonds. The third kappa shape index (κ3) is 2.77. The molecule has 5 heteroatoms. The van der Waals surface area contributed by atoms with Crippen LogP contribution in [-0.4, -0.2) is 6.54 Å². The van der Waals surface area contributed by atoms with Crippen LogP contribution >= 0.6 is 43.9 Å². The molecule has 1 heterocycles. The SMILES string of the molecule is CC1=C(CCN)C=C(NI)I=N1. The van der Waals surface area contributed by atoms with E-state index >= 15 is 0 Å². The summed E-state index contributed by atoms with van der Waals surface area (Å²) in [5.74, 6) is 0. The third-order valence-corrected chi connectivity index (χ3v) is 5.21. The molecule has 0 bridgehead atoms. The summed E-state index contributed by atoms with van der Waals surface area (Å²) in [6, 6.07) is 0. The lowest BCUT2D eigenvalue weighted by molar-refractivity contribution is 0.952. The molecule has 0 saturated carbocycles. The number of hydrogen-bond donors (Lipinski definition) is 2. The lowest BCUT2D eigenvalue weighted by Crippen LogP contribution is -2.03. The quantitative estimate of drug-likeness (QED) is 0.442. The van der Waals surface area contributed by atoms with E-state index in [4.69, 9.17) is 5.73 Å². The van der Waals surface area contributed by atoms with Gasteiger partial charge in [-0.2, -0.15) is 0 Å². The maximum absolute atomic E-state index is 5.49. The molecule has 1 rings (SSSR count). The molecule has 0 saturated heterocycles. The fourth-order valence-corrected chi connectivity index (χ4v) is 3.20. The van der Waals surface area contributed by atoms with Gasteiger partial charge in [0.15, 0.2) is 0 Å². The Bertz CT molecular complexity index is 255. The largest absolute Gasteiger partial charge is 0.330 e. The molecule has 0 spiro atoms. The van der Waals surface area contributed by atoms with Crippen LogP contribution in [0.3, 0.4) is 0 Å². The van der Waals surface area contributed by atoms with Crippen molar-refractivity contribution in [3.05, 3.63) is 21.0 Å². The van der Waals surface area contributed by atoms with Crippen LogP contribution in [-0.2, 0) is 0 Å². The van der Waals surface area contributed by atoms with Crippen molar-refractivity contribution in [3.8, 4) is 0 Å². The molecular weight excluding hydrogens is 380 g/mol. The van der Waals surface area contributed by atoms with Gasteiger partial charge in [-0.1, -0.05) is 0 Å². The molecule has 0 aliphatic carbocycles. The van der Waals surface area contributed by atoms with E-state index in [9.17, 15) is 0 Å². The molecule has 1 aliphatic heterocycles. The van der Waals surface area contributed by atoms with Gasteiger partial charge in [-0.15, -0.1) is 0 Å². The number of halogens is 2.